The van der Waals surface area contributed by atoms with Gasteiger partial charge in [-0.2, -0.15) is 0 Å². The molecule has 0 spiro atoms. The maximum absolute atomic E-state index is 12.2. The average Bonchev–Trinajstić information content (AvgIpc) is 2.38. The first kappa shape index (κ1) is 13.6. The molecule has 98 valence electrons. The van der Waals surface area contributed by atoms with Crippen molar-refractivity contribution in [2.24, 2.45) is 0 Å². The molecule has 2 rings (SSSR count). The largest absolute Gasteiger partial charge is 0.508 e. The van der Waals surface area contributed by atoms with Gasteiger partial charge in [0.25, 0.3) is 5.91 Å². The Bertz CT molecular complexity index is 638. The van der Waals surface area contributed by atoms with Crippen LogP contribution in [-0.2, 0) is 0 Å². The zero-order chi connectivity index (χ0) is 14.0. The summed E-state index contributed by atoms with van der Waals surface area (Å²) in [6.07, 6.45) is 0. The van der Waals surface area contributed by atoms with Crippen molar-refractivity contribution in [3.8, 4) is 5.75 Å². The smallest absolute Gasteiger partial charge is 0.255 e. The number of carbonyl (C=O) groups excluding carboxylic acids is 1. The summed E-state index contributed by atoms with van der Waals surface area (Å²) in [5.41, 5.74) is 2.77. The van der Waals surface area contributed by atoms with Crippen LogP contribution < -0.4 is 5.32 Å². The number of hydrogen-bond acceptors (Lipinski definition) is 2. The second kappa shape index (κ2) is 5.45. The number of benzene rings is 2. The number of anilines is 1. The van der Waals surface area contributed by atoms with Crippen LogP contribution in [0, 0.1) is 13.8 Å². The lowest BCUT2D eigenvalue weighted by Crippen LogP contribution is -2.14. The minimum Gasteiger partial charge on any atom is -0.508 e. The Morgan fingerprint density at radius 1 is 1.11 bits per heavy atom. The van der Waals surface area contributed by atoms with E-state index < -0.39 is 0 Å². The lowest BCUT2D eigenvalue weighted by molar-refractivity contribution is 0.102. The van der Waals surface area contributed by atoms with Gasteiger partial charge in [0.05, 0.1) is 0 Å². The van der Waals surface area contributed by atoms with E-state index in [2.05, 4.69) is 21.2 Å². The molecule has 19 heavy (non-hydrogen) atoms. The third kappa shape index (κ3) is 2.79. The van der Waals surface area contributed by atoms with Crippen LogP contribution in [0.1, 0.15) is 21.5 Å². The molecule has 0 unspecified atom stereocenters. The summed E-state index contributed by atoms with van der Waals surface area (Å²) < 4.78 is 0.896. The molecule has 0 saturated carbocycles. The minimum absolute atomic E-state index is 0.170. The SMILES string of the molecule is Cc1c(O)cccc1NC(=O)c1cccc(Br)c1C. The highest BCUT2D eigenvalue weighted by atomic mass is 79.9. The molecule has 0 aliphatic carbocycles. The normalized spacial score (nSPS) is 10.3. The van der Waals surface area contributed by atoms with Gasteiger partial charge in [-0.1, -0.05) is 28.1 Å². The molecule has 0 aliphatic heterocycles. The molecule has 1 amide bonds. The van der Waals surface area contributed by atoms with Crippen molar-refractivity contribution in [3.05, 3.63) is 57.6 Å². The van der Waals surface area contributed by atoms with Crippen LogP contribution in [0.2, 0.25) is 0 Å². The highest BCUT2D eigenvalue weighted by Gasteiger charge is 2.12. The average molecular weight is 320 g/mol. The van der Waals surface area contributed by atoms with E-state index in [0.29, 0.717) is 16.8 Å². The molecule has 0 fully saturated rings. The van der Waals surface area contributed by atoms with Crippen molar-refractivity contribution < 1.29 is 9.90 Å². The number of rotatable bonds is 2. The van der Waals surface area contributed by atoms with Gasteiger partial charge in [-0.15, -0.1) is 0 Å². The van der Waals surface area contributed by atoms with Crippen molar-refractivity contribution >= 4 is 27.5 Å². The Morgan fingerprint density at radius 3 is 2.53 bits per heavy atom. The summed E-state index contributed by atoms with van der Waals surface area (Å²) >= 11 is 3.41. The second-order valence-electron chi connectivity index (χ2n) is 4.32. The van der Waals surface area contributed by atoms with Crippen LogP contribution in [0.3, 0.4) is 0 Å². The van der Waals surface area contributed by atoms with Gasteiger partial charge in [0.15, 0.2) is 0 Å². The van der Waals surface area contributed by atoms with Crippen LogP contribution in [0.4, 0.5) is 5.69 Å². The maximum Gasteiger partial charge on any atom is 0.255 e. The predicted octanol–water partition coefficient (Wildman–Crippen LogP) is 4.02. The van der Waals surface area contributed by atoms with Gasteiger partial charge in [-0.25, -0.2) is 0 Å². The number of hydrogen-bond donors (Lipinski definition) is 2. The molecule has 3 nitrogen and oxygen atoms in total. The van der Waals surface area contributed by atoms with Crippen molar-refractivity contribution in [1.29, 1.82) is 0 Å². The molecule has 2 N–H and O–H groups in total. The lowest BCUT2D eigenvalue weighted by Gasteiger charge is -2.11. The van der Waals surface area contributed by atoms with Crippen LogP contribution >= 0.6 is 15.9 Å². The standard InChI is InChI=1S/C15H14BrNO2/c1-9-11(5-3-6-12(9)16)15(19)17-13-7-4-8-14(18)10(13)2/h3-8,18H,1-2H3,(H,17,19). The number of aromatic hydroxyl groups is 1. The fraction of sp³-hybridized carbons (Fsp3) is 0.133. The number of phenols is 1. The van der Waals surface area contributed by atoms with Crippen LogP contribution in [0.15, 0.2) is 40.9 Å². The van der Waals surface area contributed by atoms with Gasteiger partial charge in [-0.3, -0.25) is 4.79 Å². The van der Waals surface area contributed by atoms with E-state index in [0.717, 1.165) is 10.0 Å². The number of nitrogens with one attached hydrogen (secondary N) is 1. The summed E-state index contributed by atoms with van der Waals surface area (Å²) in [7, 11) is 0. The number of carbonyl (C=O) groups is 1. The van der Waals surface area contributed by atoms with Gasteiger partial charge in [-0.05, 0) is 43.7 Å². The summed E-state index contributed by atoms with van der Waals surface area (Å²) in [5.74, 6) is -0.0173. The van der Waals surface area contributed by atoms with E-state index in [9.17, 15) is 9.90 Å². The monoisotopic (exact) mass is 319 g/mol. The number of amides is 1. The molecule has 2 aromatic rings. The van der Waals surface area contributed by atoms with Crippen LogP contribution in [-0.4, -0.2) is 11.0 Å². The van der Waals surface area contributed by atoms with Crippen molar-refractivity contribution in [1.82, 2.24) is 0 Å². The number of phenolic OH excluding ortho intramolecular Hbond substituents is 1. The van der Waals surface area contributed by atoms with E-state index in [4.69, 9.17) is 0 Å². The molecule has 4 heteroatoms. The Labute approximate surface area is 120 Å². The van der Waals surface area contributed by atoms with E-state index in [1.807, 2.05) is 19.1 Å². The van der Waals surface area contributed by atoms with Gasteiger partial charge in [0, 0.05) is 21.3 Å². The highest BCUT2D eigenvalue weighted by Crippen LogP contribution is 2.25. The van der Waals surface area contributed by atoms with E-state index in [-0.39, 0.29) is 11.7 Å². The summed E-state index contributed by atoms with van der Waals surface area (Å²) in [6.45, 7) is 3.65. The van der Waals surface area contributed by atoms with E-state index >= 15 is 0 Å². The van der Waals surface area contributed by atoms with Gasteiger partial charge in [0.2, 0.25) is 0 Å². The Kier molecular flexibility index (Phi) is 3.90. The molecule has 0 atom stereocenters. The van der Waals surface area contributed by atoms with Crippen molar-refractivity contribution in [2.45, 2.75) is 13.8 Å². The van der Waals surface area contributed by atoms with Crippen molar-refractivity contribution in [3.63, 3.8) is 0 Å². The zero-order valence-electron chi connectivity index (χ0n) is 10.7. The van der Waals surface area contributed by atoms with Crippen LogP contribution in [0.5, 0.6) is 5.75 Å². The third-order valence-corrected chi connectivity index (χ3v) is 3.92. The maximum atomic E-state index is 12.2. The van der Waals surface area contributed by atoms with Gasteiger partial charge in [0.1, 0.15) is 5.75 Å². The first-order valence-electron chi connectivity index (χ1n) is 5.85. The van der Waals surface area contributed by atoms with Crippen molar-refractivity contribution in [2.75, 3.05) is 5.32 Å². The Morgan fingerprint density at radius 2 is 1.79 bits per heavy atom. The van der Waals surface area contributed by atoms with Gasteiger partial charge < -0.3 is 10.4 Å². The molecule has 0 heterocycles. The quantitative estimate of drug-likeness (QED) is 0.878. The van der Waals surface area contributed by atoms with Crippen LogP contribution in [0.25, 0.3) is 0 Å². The molecule has 0 bridgehead atoms. The highest BCUT2D eigenvalue weighted by molar-refractivity contribution is 9.10. The van der Waals surface area contributed by atoms with Gasteiger partial charge >= 0.3 is 0 Å². The zero-order valence-corrected chi connectivity index (χ0v) is 12.3. The Balaban J connectivity index is 2.31. The summed E-state index contributed by atoms with van der Waals surface area (Å²) in [6, 6.07) is 10.5. The molecule has 0 aromatic heterocycles. The second-order valence-corrected chi connectivity index (χ2v) is 5.17. The molecular formula is C15H14BrNO2. The summed E-state index contributed by atoms with van der Waals surface area (Å²) in [4.78, 5) is 12.2. The third-order valence-electron chi connectivity index (χ3n) is 3.07. The molecule has 2 aromatic carbocycles. The summed E-state index contributed by atoms with van der Waals surface area (Å²) in [5, 5.41) is 12.4. The topological polar surface area (TPSA) is 49.3 Å². The van der Waals surface area contributed by atoms with E-state index in [1.54, 1.807) is 31.2 Å². The molecule has 0 saturated heterocycles. The molecular weight excluding hydrogens is 306 g/mol. The lowest BCUT2D eigenvalue weighted by atomic mass is 10.1. The molecule has 0 radical (unpaired) electrons. The molecule has 0 aliphatic rings. The predicted molar refractivity (Wildman–Crippen MR) is 79.7 cm³/mol. The first-order valence-corrected chi connectivity index (χ1v) is 6.65. The minimum atomic E-state index is -0.187. The van der Waals surface area contributed by atoms with E-state index in [1.165, 1.54) is 0 Å². The number of halogens is 1. The Hall–Kier alpha value is -1.81. The first-order chi connectivity index (χ1) is 9.00. The fourth-order valence-electron chi connectivity index (χ4n) is 1.80. The fourth-order valence-corrected chi connectivity index (χ4v) is 2.17.